The summed E-state index contributed by atoms with van der Waals surface area (Å²) in [6.45, 7) is 4.55. The molecule has 0 bridgehead atoms. The van der Waals surface area contributed by atoms with E-state index in [0.717, 1.165) is 12.1 Å². The van der Waals surface area contributed by atoms with Crippen LogP contribution in [0.4, 0.5) is 11.8 Å². The first kappa shape index (κ1) is 18.1. The van der Waals surface area contributed by atoms with Gasteiger partial charge in [-0.3, -0.25) is 0 Å². The molecule has 2 heterocycles. The van der Waals surface area contributed by atoms with Crippen molar-refractivity contribution >= 4 is 22.9 Å². The van der Waals surface area contributed by atoms with Gasteiger partial charge in [0.15, 0.2) is 17.0 Å². The average Bonchev–Trinajstić information content (AvgIpc) is 3.10. The number of aromatic nitrogens is 4. The minimum atomic E-state index is -0.915. The van der Waals surface area contributed by atoms with Crippen LogP contribution in [0.2, 0.25) is 0 Å². The number of hydrogen-bond acceptors (Lipinski definition) is 7. The lowest BCUT2D eigenvalue weighted by Crippen LogP contribution is -2.43. The lowest BCUT2D eigenvalue weighted by Gasteiger charge is -2.26. The zero-order chi connectivity index (χ0) is 18.6. The molecule has 1 aromatic carbocycles. The van der Waals surface area contributed by atoms with E-state index >= 15 is 0 Å². The number of rotatable bonds is 8. The lowest BCUT2D eigenvalue weighted by atomic mass is 10.1. The van der Waals surface area contributed by atoms with Gasteiger partial charge in [-0.25, -0.2) is 4.98 Å². The molecule has 138 valence electrons. The van der Waals surface area contributed by atoms with Gasteiger partial charge in [-0.05, 0) is 19.4 Å². The van der Waals surface area contributed by atoms with Gasteiger partial charge in [0.2, 0.25) is 5.95 Å². The lowest BCUT2D eigenvalue weighted by molar-refractivity contribution is 0.147. The van der Waals surface area contributed by atoms with Crippen LogP contribution in [0, 0.1) is 0 Å². The third-order valence-electron chi connectivity index (χ3n) is 4.22. The Balaban J connectivity index is 1.96. The molecule has 0 aliphatic carbocycles. The smallest absolute Gasteiger partial charge is 0.227 e. The van der Waals surface area contributed by atoms with E-state index in [0.29, 0.717) is 29.5 Å². The zero-order valence-corrected chi connectivity index (χ0v) is 15.0. The van der Waals surface area contributed by atoms with Crippen LogP contribution in [0.15, 0.2) is 36.7 Å². The maximum atomic E-state index is 9.53. The average molecular weight is 356 g/mol. The molecule has 8 heteroatoms. The van der Waals surface area contributed by atoms with Crippen molar-refractivity contribution in [1.82, 2.24) is 19.5 Å². The Morgan fingerprint density at radius 2 is 1.85 bits per heavy atom. The highest BCUT2D eigenvalue weighted by molar-refractivity contribution is 5.84. The van der Waals surface area contributed by atoms with Gasteiger partial charge in [-0.15, -0.1) is 0 Å². The SMILES string of the molecule is CCn1cnc2c(NCc3ccccc3)nc(NC(C)(CO)CO)nc21. The van der Waals surface area contributed by atoms with Crippen LogP contribution in [0.3, 0.4) is 0 Å². The fourth-order valence-corrected chi connectivity index (χ4v) is 2.54. The molecule has 0 unspecified atom stereocenters. The summed E-state index contributed by atoms with van der Waals surface area (Å²) in [6.07, 6.45) is 1.73. The molecule has 0 radical (unpaired) electrons. The maximum absolute atomic E-state index is 9.53. The summed E-state index contributed by atoms with van der Waals surface area (Å²) in [5, 5.41) is 25.4. The predicted molar refractivity (Wildman–Crippen MR) is 101 cm³/mol. The summed E-state index contributed by atoms with van der Waals surface area (Å²) < 4.78 is 1.92. The molecule has 0 aliphatic rings. The van der Waals surface area contributed by atoms with Gasteiger partial charge in [-0.1, -0.05) is 30.3 Å². The van der Waals surface area contributed by atoms with Gasteiger partial charge in [0.25, 0.3) is 0 Å². The van der Waals surface area contributed by atoms with Crippen molar-refractivity contribution in [2.75, 3.05) is 23.8 Å². The van der Waals surface area contributed by atoms with Gasteiger partial charge >= 0.3 is 0 Å². The van der Waals surface area contributed by atoms with Gasteiger partial charge in [0.05, 0.1) is 25.1 Å². The minimum absolute atomic E-state index is 0.245. The molecule has 0 amide bonds. The van der Waals surface area contributed by atoms with E-state index in [4.69, 9.17) is 0 Å². The van der Waals surface area contributed by atoms with Crippen LogP contribution in [0.1, 0.15) is 19.4 Å². The Labute approximate surface area is 151 Å². The van der Waals surface area contributed by atoms with Crippen molar-refractivity contribution in [2.45, 2.75) is 32.5 Å². The monoisotopic (exact) mass is 356 g/mol. The molecule has 0 saturated carbocycles. The molecule has 26 heavy (non-hydrogen) atoms. The fourth-order valence-electron chi connectivity index (χ4n) is 2.54. The number of nitrogens with one attached hydrogen (secondary N) is 2. The quantitative estimate of drug-likeness (QED) is 0.486. The van der Waals surface area contributed by atoms with E-state index in [9.17, 15) is 10.2 Å². The molecule has 0 spiro atoms. The van der Waals surface area contributed by atoms with Crippen LogP contribution < -0.4 is 10.6 Å². The Hall–Kier alpha value is -2.71. The van der Waals surface area contributed by atoms with Crippen molar-refractivity contribution in [2.24, 2.45) is 0 Å². The minimum Gasteiger partial charge on any atom is -0.394 e. The highest BCUT2D eigenvalue weighted by Crippen LogP contribution is 2.23. The first-order chi connectivity index (χ1) is 12.6. The van der Waals surface area contributed by atoms with Crippen molar-refractivity contribution < 1.29 is 10.2 Å². The molecule has 4 N–H and O–H groups in total. The highest BCUT2D eigenvalue weighted by atomic mass is 16.3. The highest BCUT2D eigenvalue weighted by Gasteiger charge is 2.24. The van der Waals surface area contributed by atoms with E-state index < -0.39 is 5.54 Å². The van der Waals surface area contributed by atoms with Crippen molar-refractivity contribution in [3.8, 4) is 0 Å². The van der Waals surface area contributed by atoms with Crippen molar-refractivity contribution in [3.63, 3.8) is 0 Å². The topological polar surface area (TPSA) is 108 Å². The second kappa shape index (κ2) is 7.67. The summed E-state index contributed by atoms with van der Waals surface area (Å²) in [4.78, 5) is 13.5. The van der Waals surface area contributed by atoms with E-state index in [-0.39, 0.29) is 13.2 Å². The summed E-state index contributed by atoms with van der Waals surface area (Å²) in [7, 11) is 0. The van der Waals surface area contributed by atoms with E-state index in [1.807, 2.05) is 41.8 Å². The number of hydrogen-bond donors (Lipinski definition) is 4. The molecule has 2 aromatic heterocycles. The van der Waals surface area contributed by atoms with Gasteiger partial charge < -0.3 is 25.4 Å². The van der Waals surface area contributed by atoms with Crippen molar-refractivity contribution in [3.05, 3.63) is 42.2 Å². The Morgan fingerprint density at radius 3 is 2.50 bits per heavy atom. The molecule has 3 rings (SSSR count). The van der Waals surface area contributed by atoms with Crippen LogP contribution in [0.5, 0.6) is 0 Å². The third-order valence-corrected chi connectivity index (χ3v) is 4.22. The predicted octanol–water partition coefficient (Wildman–Crippen LogP) is 1.61. The van der Waals surface area contributed by atoms with Crippen LogP contribution in [-0.4, -0.2) is 48.5 Å². The van der Waals surface area contributed by atoms with E-state index in [1.165, 1.54) is 0 Å². The van der Waals surface area contributed by atoms with Gasteiger partial charge in [-0.2, -0.15) is 9.97 Å². The fraction of sp³-hybridized carbons (Fsp3) is 0.389. The van der Waals surface area contributed by atoms with Gasteiger partial charge in [0, 0.05) is 13.1 Å². The first-order valence-electron chi connectivity index (χ1n) is 8.59. The molecule has 0 saturated heterocycles. The second-order valence-corrected chi connectivity index (χ2v) is 6.44. The number of imidazole rings is 1. The zero-order valence-electron chi connectivity index (χ0n) is 15.0. The Kier molecular flexibility index (Phi) is 5.34. The first-order valence-corrected chi connectivity index (χ1v) is 8.59. The largest absolute Gasteiger partial charge is 0.394 e. The number of fused-ring (bicyclic) bond motifs is 1. The number of aryl methyl sites for hydroxylation is 1. The molecule has 3 aromatic rings. The number of aliphatic hydroxyl groups is 2. The Bertz CT molecular complexity index is 861. The second-order valence-electron chi connectivity index (χ2n) is 6.44. The Morgan fingerprint density at radius 1 is 1.12 bits per heavy atom. The third kappa shape index (κ3) is 3.76. The summed E-state index contributed by atoms with van der Waals surface area (Å²) in [6, 6.07) is 10.0. The van der Waals surface area contributed by atoms with Gasteiger partial charge in [0.1, 0.15) is 0 Å². The summed E-state index contributed by atoms with van der Waals surface area (Å²) in [5.41, 5.74) is 1.59. The molecule has 0 fully saturated rings. The van der Waals surface area contributed by atoms with Crippen LogP contribution in [-0.2, 0) is 13.1 Å². The summed E-state index contributed by atoms with van der Waals surface area (Å²) >= 11 is 0. The van der Waals surface area contributed by atoms with Crippen molar-refractivity contribution in [1.29, 1.82) is 0 Å². The molecule has 8 nitrogen and oxygen atoms in total. The number of benzene rings is 1. The molecule has 0 aliphatic heterocycles. The number of nitrogens with zero attached hydrogens (tertiary/aromatic N) is 4. The maximum Gasteiger partial charge on any atom is 0.227 e. The van der Waals surface area contributed by atoms with Crippen LogP contribution >= 0.6 is 0 Å². The molecular formula is C18H24N6O2. The number of anilines is 2. The number of aliphatic hydroxyl groups excluding tert-OH is 2. The van der Waals surface area contributed by atoms with E-state index in [2.05, 4.69) is 25.6 Å². The summed E-state index contributed by atoms with van der Waals surface area (Å²) in [5.74, 6) is 0.931. The normalized spacial score (nSPS) is 11.7. The standard InChI is InChI=1S/C18H24N6O2/c1-3-24-12-20-14-15(19-9-13-7-5-4-6-8-13)21-17(22-16(14)24)23-18(2,10-25)11-26/h4-8,12,25-26H,3,9-11H2,1-2H3,(H2,19,21,22,23). The molecule has 0 atom stereocenters. The molecular weight excluding hydrogens is 332 g/mol. The van der Waals surface area contributed by atoms with Crippen LogP contribution in [0.25, 0.3) is 11.2 Å². The van der Waals surface area contributed by atoms with E-state index in [1.54, 1.807) is 13.3 Å².